The van der Waals surface area contributed by atoms with E-state index in [1.165, 1.54) is 0 Å². The molecule has 1 N–H and O–H groups in total. The second kappa shape index (κ2) is 9.97. The van der Waals surface area contributed by atoms with E-state index in [1.54, 1.807) is 0 Å². The summed E-state index contributed by atoms with van der Waals surface area (Å²) in [5.41, 5.74) is 1.84. The van der Waals surface area contributed by atoms with Crippen molar-refractivity contribution in [2.24, 2.45) is 5.92 Å². The smallest absolute Gasteiger partial charge is 0.128 e. The molecule has 0 aromatic carbocycles. The van der Waals surface area contributed by atoms with Gasteiger partial charge in [0.2, 0.25) is 0 Å². The molecule has 0 aliphatic rings. The molecule has 0 spiro atoms. The summed E-state index contributed by atoms with van der Waals surface area (Å²) in [6.45, 7) is 3.91. The number of nitriles is 1. The molecule has 0 radical (unpaired) electrons. The first-order valence-corrected chi connectivity index (χ1v) is 5.11. The second-order valence-corrected chi connectivity index (χ2v) is 3.12. The molecule has 16 heavy (non-hydrogen) atoms. The molecule has 0 aromatic rings. The highest BCUT2D eigenvalue weighted by Gasteiger charge is 2.15. The molecule has 3 nitrogen and oxygen atoms in total. The maximum absolute atomic E-state index is 10.9. The van der Waals surface area contributed by atoms with E-state index < -0.39 is 0 Å². The van der Waals surface area contributed by atoms with Gasteiger partial charge in [-0.1, -0.05) is 26.5 Å². The van der Waals surface area contributed by atoms with Gasteiger partial charge in [-0.25, -0.2) is 0 Å². The van der Waals surface area contributed by atoms with Crippen LogP contribution in [0.1, 0.15) is 34.1 Å². The van der Waals surface area contributed by atoms with E-state index in [9.17, 15) is 4.79 Å². The van der Waals surface area contributed by atoms with Crippen LogP contribution in [0, 0.1) is 17.2 Å². The summed E-state index contributed by atoms with van der Waals surface area (Å²) in [6.07, 6.45) is 5.86. The zero-order valence-electron chi connectivity index (χ0n) is 9.58. The Labute approximate surface area is 98.8 Å². The van der Waals surface area contributed by atoms with E-state index in [0.717, 1.165) is 24.0 Å². The lowest BCUT2D eigenvalue weighted by molar-refractivity contribution is -0.110. The SMILES string of the molecule is C.C/C=C(\C(=C/CC)NC)C(C=O)CC#N. The summed E-state index contributed by atoms with van der Waals surface area (Å²) in [5.74, 6) is -0.328. The summed E-state index contributed by atoms with van der Waals surface area (Å²) in [7, 11) is 1.82. The lowest BCUT2D eigenvalue weighted by atomic mass is 9.94. The third kappa shape index (κ3) is 4.79. The summed E-state index contributed by atoms with van der Waals surface area (Å²) < 4.78 is 0. The minimum Gasteiger partial charge on any atom is -0.388 e. The zero-order chi connectivity index (χ0) is 11.7. The number of allylic oxidation sites excluding steroid dienone is 3. The number of nitrogens with one attached hydrogen (secondary N) is 1. The van der Waals surface area contributed by atoms with E-state index in [-0.39, 0.29) is 19.8 Å². The predicted octanol–water partition coefficient (Wildman–Crippen LogP) is 2.81. The van der Waals surface area contributed by atoms with E-state index in [1.807, 2.05) is 39.1 Å². The van der Waals surface area contributed by atoms with Gasteiger partial charge in [0.25, 0.3) is 0 Å². The average molecular weight is 222 g/mol. The number of carbonyl (C=O) groups is 1. The van der Waals surface area contributed by atoms with Gasteiger partial charge in [-0.2, -0.15) is 5.26 Å². The van der Waals surface area contributed by atoms with Crippen molar-refractivity contribution in [2.75, 3.05) is 7.05 Å². The molecule has 0 rings (SSSR count). The van der Waals surface area contributed by atoms with Crippen molar-refractivity contribution in [3.05, 3.63) is 23.4 Å². The van der Waals surface area contributed by atoms with E-state index >= 15 is 0 Å². The van der Waals surface area contributed by atoms with Gasteiger partial charge in [-0.05, 0) is 18.9 Å². The fraction of sp³-hybridized carbons (Fsp3) is 0.538. The van der Waals surface area contributed by atoms with Gasteiger partial charge in [-0.15, -0.1) is 0 Å². The third-order valence-corrected chi connectivity index (χ3v) is 2.17. The molecule has 0 aliphatic carbocycles. The first-order chi connectivity index (χ1) is 7.24. The summed E-state index contributed by atoms with van der Waals surface area (Å²) >= 11 is 0. The topological polar surface area (TPSA) is 52.9 Å². The lowest BCUT2D eigenvalue weighted by Gasteiger charge is -2.15. The highest BCUT2D eigenvalue weighted by Crippen LogP contribution is 2.19. The Morgan fingerprint density at radius 1 is 1.56 bits per heavy atom. The van der Waals surface area contributed by atoms with Crippen molar-refractivity contribution < 1.29 is 4.79 Å². The maximum atomic E-state index is 10.9. The Morgan fingerprint density at radius 2 is 2.19 bits per heavy atom. The molecule has 1 atom stereocenters. The molecule has 0 amide bonds. The van der Waals surface area contributed by atoms with Crippen LogP contribution in [-0.2, 0) is 4.79 Å². The number of likely N-dealkylation sites (N-methyl/N-ethyl adjacent to an activating group) is 1. The quantitative estimate of drug-likeness (QED) is 0.555. The molecule has 1 unspecified atom stereocenters. The Balaban J connectivity index is 0. The molecule has 0 bridgehead atoms. The molecule has 0 fully saturated rings. The number of hydrogen-bond acceptors (Lipinski definition) is 3. The summed E-state index contributed by atoms with van der Waals surface area (Å²) in [5, 5.41) is 11.7. The van der Waals surface area contributed by atoms with Crippen molar-refractivity contribution in [1.29, 1.82) is 5.26 Å². The van der Waals surface area contributed by atoms with Crippen LogP contribution in [0.15, 0.2) is 23.4 Å². The van der Waals surface area contributed by atoms with Crippen molar-refractivity contribution in [3.8, 4) is 6.07 Å². The fourth-order valence-corrected chi connectivity index (χ4v) is 1.47. The van der Waals surface area contributed by atoms with Gasteiger partial charge in [-0.3, -0.25) is 0 Å². The van der Waals surface area contributed by atoms with Crippen LogP contribution in [0.3, 0.4) is 0 Å². The highest BCUT2D eigenvalue weighted by atomic mass is 16.1. The van der Waals surface area contributed by atoms with Gasteiger partial charge < -0.3 is 10.1 Å². The zero-order valence-corrected chi connectivity index (χ0v) is 9.58. The second-order valence-electron chi connectivity index (χ2n) is 3.12. The Hall–Kier alpha value is -1.56. The third-order valence-electron chi connectivity index (χ3n) is 2.17. The molecule has 0 saturated carbocycles. The fourth-order valence-electron chi connectivity index (χ4n) is 1.47. The number of hydrogen-bond donors (Lipinski definition) is 1. The Morgan fingerprint density at radius 3 is 2.50 bits per heavy atom. The molecule has 0 heterocycles. The minimum atomic E-state index is -0.328. The molecular formula is C13H22N2O. The molecule has 90 valence electrons. The largest absolute Gasteiger partial charge is 0.388 e. The van der Waals surface area contributed by atoms with Crippen molar-refractivity contribution in [3.63, 3.8) is 0 Å². The molecular weight excluding hydrogens is 200 g/mol. The first-order valence-electron chi connectivity index (χ1n) is 5.11. The first kappa shape index (κ1) is 16.9. The van der Waals surface area contributed by atoms with E-state index in [4.69, 9.17) is 5.26 Å². The normalized spacial score (nSPS) is 13.4. The van der Waals surface area contributed by atoms with Crippen molar-refractivity contribution in [2.45, 2.75) is 34.1 Å². The standard InChI is InChI=1S/C12H18N2O.CH4/c1-4-6-12(14-3)11(5-2)10(9-15)7-8-13;/h5-6,9-10,14H,4,7H2,1-3H3;1H4/b11-5-,12-6+;. The van der Waals surface area contributed by atoms with Crippen molar-refractivity contribution >= 4 is 6.29 Å². The van der Waals surface area contributed by atoms with Crippen molar-refractivity contribution in [1.82, 2.24) is 5.32 Å². The molecule has 0 aromatic heterocycles. The van der Waals surface area contributed by atoms with Crippen LogP contribution in [0.2, 0.25) is 0 Å². The summed E-state index contributed by atoms with van der Waals surface area (Å²) in [6, 6.07) is 2.03. The Bertz CT molecular complexity index is 298. The monoisotopic (exact) mass is 222 g/mol. The highest BCUT2D eigenvalue weighted by molar-refractivity contribution is 5.62. The van der Waals surface area contributed by atoms with Crippen LogP contribution in [0.25, 0.3) is 0 Å². The Kier molecular flexibility index (Phi) is 10.5. The van der Waals surface area contributed by atoms with Crippen LogP contribution in [0.5, 0.6) is 0 Å². The molecule has 0 saturated heterocycles. The predicted molar refractivity (Wildman–Crippen MR) is 67.7 cm³/mol. The number of nitrogens with zero attached hydrogens (tertiary/aromatic N) is 1. The number of carbonyl (C=O) groups excluding carboxylic acids is 1. The lowest BCUT2D eigenvalue weighted by Crippen LogP contribution is -2.16. The molecule has 3 heteroatoms. The van der Waals surface area contributed by atoms with Gasteiger partial charge in [0.05, 0.1) is 12.0 Å². The van der Waals surface area contributed by atoms with Gasteiger partial charge in [0.15, 0.2) is 0 Å². The van der Waals surface area contributed by atoms with E-state index in [2.05, 4.69) is 5.32 Å². The maximum Gasteiger partial charge on any atom is 0.128 e. The number of rotatable bonds is 6. The average Bonchev–Trinajstić information content (AvgIpc) is 2.27. The van der Waals surface area contributed by atoms with Crippen LogP contribution < -0.4 is 5.32 Å². The van der Waals surface area contributed by atoms with Crippen LogP contribution in [-0.4, -0.2) is 13.3 Å². The van der Waals surface area contributed by atoms with E-state index in [0.29, 0.717) is 0 Å². The van der Waals surface area contributed by atoms with Gasteiger partial charge in [0.1, 0.15) is 6.29 Å². The van der Waals surface area contributed by atoms with Gasteiger partial charge in [0, 0.05) is 19.2 Å². The number of aldehydes is 1. The molecule has 0 aliphatic heterocycles. The van der Waals surface area contributed by atoms with Crippen LogP contribution in [0.4, 0.5) is 0 Å². The van der Waals surface area contributed by atoms with Crippen LogP contribution >= 0.6 is 0 Å². The minimum absolute atomic E-state index is 0. The summed E-state index contributed by atoms with van der Waals surface area (Å²) in [4.78, 5) is 10.9. The van der Waals surface area contributed by atoms with Gasteiger partial charge >= 0.3 is 0 Å².